The van der Waals surface area contributed by atoms with Crippen LogP contribution in [0.5, 0.6) is 0 Å². The largest absolute Gasteiger partial charge is 0.377 e. The summed E-state index contributed by atoms with van der Waals surface area (Å²) in [6.45, 7) is 2.83. The summed E-state index contributed by atoms with van der Waals surface area (Å²) >= 11 is 0. The molecule has 2 rings (SSSR count). The zero-order chi connectivity index (χ0) is 13.7. The summed E-state index contributed by atoms with van der Waals surface area (Å²) in [6.07, 6.45) is 0.477. The highest BCUT2D eigenvalue weighted by atomic mass is 16.5. The normalized spacial score (nSPS) is 19.7. The van der Waals surface area contributed by atoms with Crippen LogP contribution < -0.4 is 0 Å². The van der Waals surface area contributed by atoms with E-state index in [1.54, 1.807) is 0 Å². The highest BCUT2D eigenvalue weighted by Gasteiger charge is 2.27. The van der Waals surface area contributed by atoms with E-state index in [0.29, 0.717) is 26.2 Å². The third kappa shape index (κ3) is 4.04. The van der Waals surface area contributed by atoms with Crippen molar-refractivity contribution in [1.82, 2.24) is 9.80 Å². The second kappa shape index (κ2) is 6.68. The summed E-state index contributed by atoms with van der Waals surface area (Å²) in [5.74, 6) is 0.196. The van der Waals surface area contributed by atoms with Crippen molar-refractivity contribution in [1.29, 1.82) is 0 Å². The number of carbonyl (C=O) groups is 1. The van der Waals surface area contributed by atoms with Gasteiger partial charge < -0.3 is 14.5 Å². The van der Waals surface area contributed by atoms with Crippen LogP contribution in [-0.4, -0.2) is 62.1 Å². The highest BCUT2D eigenvalue weighted by Crippen LogP contribution is 2.11. The number of ether oxygens (including phenoxy) is 1. The Morgan fingerprint density at radius 3 is 2.79 bits per heavy atom. The van der Waals surface area contributed by atoms with Crippen molar-refractivity contribution in [2.45, 2.75) is 12.5 Å². The molecule has 0 radical (unpaired) electrons. The van der Waals surface area contributed by atoms with Crippen molar-refractivity contribution in [3.05, 3.63) is 35.9 Å². The molecule has 1 aliphatic rings. The van der Waals surface area contributed by atoms with Crippen LogP contribution in [0.25, 0.3) is 0 Å². The quantitative estimate of drug-likeness (QED) is 0.812. The fourth-order valence-corrected chi connectivity index (χ4v) is 2.43. The molecule has 1 aliphatic heterocycles. The monoisotopic (exact) mass is 262 g/mol. The van der Waals surface area contributed by atoms with Crippen molar-refractivity contribution in [3.8, 4) is 0 Å². The van der Waals surface area contributed by atoms with Gasteiger partial charge in [-0.3, -0.25) is 4.79 Å². The van der Waals surface area contributed by atoms with E-state index in [0.717, 1.165) is 12.1 Å². The maximum absolute atomic E-state index is 12.4. The minimum Gasteiger partial charge on any atom is -0.377 e. The molecule has 1 aromatic carbocycles. The van der Waals surface area contributed by atoms with Crippen molar-refractivity contribution >= 4 is 5.91 Å². The standard InChI is InChI=1S/C15H22N2O2/c1-16(2)11-14-12-19-9-8-17(14)15(18)10-13-6-4-3-5-7-13/h3-7,14H,8-12H2,1-2H3. The van der Waals surface area contributed by atoms with Gasteiger partial charge in [0.1, 0.15) is 0 Å². The second-order valence-electron chi connectivity index (χ2n) is 5.24. The minimum atomic E-state index is 0.167. The van der Waals surface area contributed by atoms with Crippen molar-refractivity contribution < 1.29 is 9.53 Å². The lowest BCUT2D eigenvalue weighted by molar-refractivity contribution is -0.139. The molecule has 1 saturated heterocycles. The van der Waals surface area contributed by atoms with Crippen LogP contribution in [-0.2, 0) is 16.0 Å². The summed E-state index contributed by atoms with van der Waals surface area (Å²) in [6, 6.07) is 10.1. The maximum Gasteiger partial charge on any atom is 0.227 e. The third-order valence-electron chi connectivity index (χ3n) is 3.32. The summed E-state index contributed by atoms with van der Waals surface area (Å²) in [5.41, 5.74) is 1.07. The Hall–Kier alpha value is -1.39. The Labute approximate surface area is 115 Å². The van der Waals surface area contributed by atoms with Crippen LogP contribution in [0.15, 0.2) is 30.3 Å². The lowest BCUT2D eigenvalue weighted by Crippen LogP contribution is -2.53. The summed E-state index contributed by atoms with van der Waals surface area (Å²) in [7, 11) is 4.04. The van der Waals surface area contributed by atoms with Gasteiger partial charge in [-0.15, -0.1) is 0 Å². The summed E-state index contributed by atoms with van der Waals surface area (Å²) in [4.78, 5) is 16.5. The van der Waals surface area contributed by atoms with E-state index in [-0.39, 0.29) is 11.9 Å². The van der Waals surface area contributed by atoms with E-state index in [4.69, 9.17) is 4.74 Å². The molecule has 0 aromatic heterocycles. The van der Waals surface area contributed by atoms with Gasteiger partial charge in [-0.25, -0.2) is 0 Å². The molecule has 1 fully saturated rings. The Morgan fingerprint density at radius 2 is 2.11 bits per heavy atom. The maximum atomic E-state index is 12.4. The molecule has 0 N–H and O–H groups in total. The number of amides is 1. The molecule has 1 heterocycles. The number of rotatable bonds is 4. The summed E-state index contributed by atoms with van der Waals surface area (Å²) < 4.78 is 5.49. The van der Waals surface area contributed by atoms with Gasteiger partial charge in [0.15, 0.2) is 0 Å². The molecule has 0 spiro atoms. The minimum absolute atomic E-state index is 0.167. The summed E-state index contributed by atoms with van der Waals surface area (Å²) in [5, 5.41) is 0. The van der Waals surface area contributed by atoms with Gasteiger partial charge in [-0.1, -0.05) is 30.3 Å². The molecule has 4 nitrogen and oxygen atoms in total. The Kier molecular flexibility index (Phi) is 4.93. The fourth-order valence-electron chi connectivity index (χ4n) is 2.43. The SMILES string of the molecule is CN(C)CC1COCCN1C(=O)Cc1ccccc1. The first kappa shape index (κ1) is 14.0. The van der Waals surface area contributed by atoms with Crippen LogP contribution in [0, 0.1) is 0 Å². The smallest absolute Gasteiger partial charge is 0.227 e. The lowest BCUT2D eigenvalue weighted by atomic mass is 10.1. The number of hydrogen-bond acceptors (Lipinski definition) is 3. The molecule has 0 bridgehead atoms. The number of hydrogen-bond donors (Lipinski definition) is 0. The van der Waals surface area contributed by atoms with Gasteiger partial charge in [0.2, 0.25) is 5.91 Å². The van der Waals surface area contributed by atoms with Crippen LogP contribution in [0.4, 0.5) is 0 Å². The molecule has 1 amide bonds. The van der Waals surface area contributed by atoms with E-state index >= 15 is 0 Å². The molecule has 0 aliphatic carbocycles. The van der Waals surface area contributed by atoms with E-state index in [2.05, 4.69) is 4.90 Å². The Balaban J connectivity index is 1.99. The topological polar surface area (TPSA) is 32.8 Å². The van der Waals surface area contributed by atoms with E-state index in [9.17, 15) is 4.79 Å². The zero-order valence-electron chi connectivity index (χ0n) is 11.7. The Bertz CT molecular complexity index is 406. The number of nitrogens with zero attached hydrogens (tertiary/aromatic N) is 2. The van der Waals surface area contributed by atoms with Crippen molar-refractivity contribution in [2.75, 3.05) is 40.4 Å². The van der Waals surface area contributed by atoms with Gasteiger partial charge in [-0.05, 0) is 19.7 Å². The number of likely N-dealkylation sites (N-methyl/N-ethyl adjacent to an activating group) is 1. The van der Waals surface area contributed by atoms with Gasteiger partial charge in [-0.2, -0.15) is 0 Å². The zero-order valence-corrected chi connectivity index (χ0v) is 11.7. The molecule has 104 valence electrons. The van der Waals surface area contributed by atoms with E-state index in [1.807, 2.05) is 49.3 Å². The first-order valence-corrected chi connectivity index (χ1v) is 6.72. The number of carbonyl (C=O) groups excluding carboxylic acids is 1. The number of benzene rings is 1. The molecule has 1 atom stereocenters. The molecular weight excluding hydrogens is 240 g/mol. The molecule has 4 heteroatoms. The first-order chi connectivity index (χ1) is 9.16. The first-order valence-electron chi connectivity index (χ1n) is 6.72. The van der Waals surface area contributed by atoms with E-state index < -0.39 is 0 Å². The van der Waals surface area contributed by atoms with Crippen LogP contribution in [0.2, 0.25) is 0 Å². The average Bonchev–Trinajstić information content (AvgIpc) is 2.39. The molecular formula is C15H22N2O2. The third-order valence-corrected chi connectivity index (χ3v) is 3.32. The van der Waals surface area contributed by atoms with Crippen LogP contribution in [0.1, 0.15) is 5.56 Å². The lowest BCUT2D eigenvalue weighted by Gasteiger charge is -2.37. The Morgan fingerprint density at radius 1 is 1.37 bits per heavy atom. The predicted octanol–water partition coefficient (Wildman–Crippen LogP) is 1.02. The van der Waals surface area contributed by atoms with Crippen LogP contribution in [0.3, 0.4) is 0 Å². The fraction of sp³-hybridized carbons (Fsp3) is 0.533. The van der Waals surface area contributed by atoms with Gasteiger partial charge in [0, 0.05) is 13.1 Å². The second-order valence-corrected chi connectivity index (χ2v) is 5.24. The average molecular weight is 262 g/mol. The van der Waals surface area contributed by atoms with Gasteiger partial charge >= 0.3 is 0 Å². The molecule has 1 aromatic rings. The highest BCUT2D eigenvalue weighted by molar-refractivity contribution is 5.79. The van der Waals surface area contributed by atoms with Crippen molar-refractivity contribution in [3.63, 3.8) is 0 Å². The van der Waals surface area contributed by atoms with Gasteiger partial charge in [0.25, 0.3) is 0 Å². The van der Waals surface area contributed by atoms with Crippen LogP contribution >= 0.6 is 0 Å². The molecule has 0 saturated carbocycles. The van der Waals surface area contributed by atoms with Gasteiger partial charge in [0.05, 0.1) is 25.7 Å². The predicted molar refractivity (Wildman–Crippen MR) is 75.0 cm³/mol. The molecule has 1 unspecified atom stereocenters. The van der Waals surface area contributed by atoms with E-state index in [1.165, 1.54) is 0 Å². The van der Waals surface area contributed by atoms with Crippen molar-refractivity contribution in [2.24, 2.45) is 0 Å². The number of morpholine rings is 1. The molecule has 19 heavy (non-hydrogen) atoms.